The number of benzene rings is 3. The van der Waals surface area contributed by atoms with E-state index in [2.05, 4.69) is 66.0 Å². The van der Waals surface area contributed by atoms with E-state index in [1.54, 1.807) is 36.9 Å². The maximum atomic E-state index is 13.4. The van der Waals surface area contributed by atoms with Gasteiger partial charge in [-0.25, -0.2) is 44.3 Å². The molecule has 6 atom stereocenters. The van der Waals surface area contributed by atoms with Crippen molar-refractivity contribution >= 4 is 86.9 Å². The van der Waals surface area contributed by atoms with Crippen LogP contribution >= 0.6 is 0 Å². The van der Waals surface area contributed by atoms with Crippen molar-refractivity contribution in [3.05, 3.63) is 133 Å². The fourth-order valence-corrected chi connectivity index (χ4v) is 12.4. The fourth-order valence-electron chi connectivity index (χ4n) is 12.4. The Morgan fingerprint density at radius 2 is 0.969 bits per heavy atom. The van der Waals surface area contributed by atoms with Crippen molar-refractivity contribution < 1.29 is 57.4 Å². The lowest BCUT2D eigenvalue weighted by Crippen LogP contribution is -2.54. The minimum atomic E-state index is -0.821. The standard InChI is InChI=1S/C39H43N7O7.C31H37N7O5.2CH4/c1-24(2)35(44-38(50)52-3)37(49)45-17-8-12-31(45)36(48)43-33-16-14-27-19-26(13-15-29(27)42-33)28-21-40-34(41-22-28)20-32(47)30-11-7-18-46(30)39(51)53-23-25-9-5-4-6-10-25;1-18(2)28(37-31(42)43-3)30(41)38-13-5-7-24(38)29(40)36-26-11-9-20-14-19(8-10-22(20)35-26)21-16-33-27(34-17-21)15-25(39)23-6-4-12-32-23;;/h4-6,9-10,13-16,19,21-22,24,30-31,35H,7-8,11-12,17-18,20,23H2,1-3H3,(H,44,50)(H,42,43,48);8-11,14,16-18,23-24,28,32H,4-7,12-13,15H2,1-3H3,(H,37,42)(H,35,36,40);2*1H4/t30-,31-,35-;23-,24-,28-;;/m00../s1. The van der Waals surface area contributed by atoms with E-state index < -0.39 is 48.5 Å². The number of anilines is 2. The number of methoxy groups -OCH3 is 2. The Kier molecular flexibility index (Phi) is 25.5. The molecule has 0 radical (unpaired) electrons. The number of amides is 7. The highest BCUT2D eigenvalue weighted by Gasteiger charge is 2.41. The van der Waals surface area contributed by atoms with Crippen LogP contribution in [0.1, 0.15) is 111 Å². The first-order valence-electron chi connectivity index (χ1n) is 32.5. The summed E-state index contributed by atoms with van der Waals surface area (Å²) in [5.41, 5.74) is 5.54. The quantitative estimate of drug-likeness (QED) is 0.0444. The number of carbonyl (C=O) groups excluding carboxylic acids is 9. The topological polar surface area (TPSA) is 329 Å². The second-order valence-electron chi connectivity index (χ2n) is 24.9. The van der Waals surface area contributed by atoms with Crippen molar-refractivity contribution in [3.8, 4) is 22.3 Å². The molecule has 7 amide bonds. The van der Waals surface area contributed by atoms with Crippen LogP contribution in [-0.4, -0.2) is 175 Å². The smallest absolute Gasteiger partial charge is 0.410 e. The summed E-state index contributed by atoms with van der Waals surface area (Å²) >= 11 is 0. The Balaban J connectivity index is 0.000000250. The summed E-state index contributed by atoms with van der Waals surface area (Å²) in [4.78, 5) is 147. The van der Waals surface area contributed by atoms with Gasteiger partial charge in [-0.2, -0.15) is 0 Å². The normalized spacial score (nSPS) is 17.7. The number of aromatic nitrogens is 6. The van der Waals surface area contributed by atoms with Gasteiger partial charge in [-0.15, -0.1) is 0 Å². The molecular formula is C72H88N14O12. The summed E-state index contributed by atoms with van der Waals surface area (Å²) in [5, 5.41) is 15.8. The van der Waals surface area contributed by atoms with Gasteiger partial charge >= 0.3 is 18.3 Å². The first-order valence-corrected chi connectivity index (χ1v) is 32.5. The Labute approximate surface area is 570 Å². The molecule has 4 aliphatic heterocycles. The second-order valence-corrected chi connectivity index (χ2v) is 24.9. The number of pyridine rings is 2. The van der Waals surface area contributed by atoms with Crippen molar-refractivity contribution in [2.45, 2.75) is 150 Å². The number of carbonyl (C=O) groups is 9. The van der Waals surface area contributed by atoms with Crippen molar-refractivity contribution in [2.75, 3.05) is 51.0 Å². The molecule has 518 valence electrons. The average Bonchev–Trinajstić information content (AvgIpc) is 0.890. The van der Waals surface area contributed by atoms with E-state index in [1.807, 2.05) is 107 Å². The molecule has 26 heteroatoms. The molecule has 4 aliphatic rings. The van der Waals surface area contributed by atoms with Gasteiger partial charge in [0.15, 0.2) is 11.6 Å². The monoisotopic (exact) mass is 1340 g/mol. The number of ether oxygens (including phenoxy) is 3. The van der Waals surface area contributed by atoms with E-state index >= 15 is 0 Å². The molecule has 3 aromatic carbocycles. The molecule has 8 heterocycles. The fraction of sp³-hybridized carbons (Fsp3) is 0.431. The van der Waals surface area contributed by atoms with E-state index in [1.165, 1.54) is 28.9 Å². The predicted molar refractivity (Wildman–Crippen MR) is 369 cm³/mol. The first kappa shape index (κ1) is 73.4. The van der Waals surface area contributed by atoms with Gasteiger partial charge in [0.05, 0.1) is 50.2 Å². The Morgan fingerprint density at radius 3 is 1.41 bits per heavy atom. The van der Waals surface area contributed by atoms with Crippen LogP contribution in [0, 0.1) is 11.8 Å². The molecule has 0 aliphatic carbocycles. The number of nitrogens with one attached hydrogen (secondary N) is 5. The minimum Gasteiger partial charge on any atom is -0.453 e. The molecule has 4 saturated heterocycles. The summed E-state index contributed by atoms with van der Waals surface area (Å²) in [6.45, 7) is 9.61. The van der Waals surface area contributed by atoms with Crippen LogP contribution in [0.15, 0.2) is 116 Å². The second kappa shape index (κ2) is 34.0. The molecule has 5 N–H and O–H groups in total. The van der Waals surface area contributed by atoms with Gasteiger partial charge in [0.1, 0.15) is 54.1 Å². The van der Waals surface area contributed by atoms with Gasteiger partial charge < -0.3 is 50.6 Å². The lowest BCUT2D eigenvalue weighted by atomic mass is 10.0. The molecule has 11 rings (SSSR count). The number of ketones is 2. The summed E-state index contributed by atoms with van der Waals surface area (Å²) < 4.78 is 14.8. The molecule has 0 saturated carbocycles. The summed E-state index contributed by atoms with van der Waals surface area (Å²) in [6.07, 6.45) is 10.6. The van der Waals surface area contributed by atoms with E-state index in [0.29, 0.717) is 86.1 Å². The number of likely N-dealkylation sites (tertiary alicyclic amines) is 3. The lowest BCUT2D eigenvalue weighted by molar-refractivity contribution is -0.139. The number of alkyl carbamates (subject to hydrolysis) is 2. The Bertz CT molecular complexity index is 3980. The molecular weight excluding hydrogens is 1250 g/mol. The molecule has 7 aromatic rings. The highest BCUT2D eigenvalue weighted by atomic mass is 16.6. The zero-order valence-corrected chi connectivity index (χ0v) is 54.6. The Hall–Kier alpha value is -10.4. The minimum absolute atomic E-state index is 0. The molecule has 4 fully saturated rings. The number of hydrogen-bond donors (Lipinski definition) is 5. The van der Waals surface area contributed by atoms with Gasteiger partial charge in [0.2, 0.25) is 23.6 Å². The van der Waals surface area contributed by atoms with Crippen molar-refractivity contribution in [2.24, 2.45) is 11.8 Å². The number of rotatable bonds is 20. The number of fused-ring (bicyclic) bond motifs is 2. The van der Waals surface area contributed by atoms with Gasteiger partial charge in [0, 0.05) is 66.3 Å². The molecule has 0 spiro atoms. The number of Topliss-reactive ketones (excluding diaryl/α,β-unsaturated/α-hetero) is 2. The first-order chi connectivity index (χ1) is 46.3. The van der Waals surface area contributed by atoms with E-state index in [0.717, 1.165) is 64.4 Å². The van der Waals surface area contributed by atoms with Crippen LogP contribution in [-0.2, 0) is 62.4 Å². The van der Waals surface area contributed by atoms with Crippen LogP contribution < -0.4 is 26.6 Å². The van der Waals surface area contributed by atoms with Crippen molar-refractivity contribution in [3.63, 3.8) is 0 Å². The molecule has 0 bridgehead atoms. The summed E-state index contributed by atoms with van der Waals surface area (Å²) in [5.74, 6) is -0.109. The molecule has 4 aromatic heterocycles. The van der Waals surface area contributed by atoms with Gasteiger partial charge in [-0.05, 0) is 135 Å². The lowest BCUT2D eigenvalue weighted by Gasteiger charge is -2.30. The molecule has 0 unspecified atom stereocenters. The van der Waals surface area contributed by atoms with Crippen LogP contribution in [0.2, 0.25) is 0 Å². The largest absolute Gasteiger partial charge is 0.453 e. The predicted octanol–water partition coefficient (Wildman–Crippen LogP) is 9.05. The Morgan fingerprint density at radius 1 is 0.520 bits per heavy atom. The van der Waals surface area contributed by atoms with E-state index in [-0.39, 0.29) is 87.4 Å². The highest BCUT2D eigenvalue weighted by Crippen LogP contribution is 2.29. The average molecular weight is 1340 g/mol. The van der Waals surface area contributed by atoms with Gasteiger partial charge in [-0.3, -0.25) is 33.7 Å². The third kappa shape index (κ3) is 18.2. The van der Waals surface area contributed by atoms with Gasteiger partial charge in [-0.1, -0.05) is 85.0 Å². The number of hydrogen-bond acceptors (Lipinski definition) is 19. The highest BCUT2D eigenvalue weighted by molar-refractivity contribution is 6.00. The molecule has 98 heavy (non-hydrogen) atoms. The van der Waals surface area contributed by atoms with E-state index in [4.69, 9.17) is 4.74 Å². The van der Waals surface area contributed by atoms with Crippen LogP contribution in [0.5, 0.6) is 0 Å². The van der Waals surface area contributed by atoms with Crippen molar-refractivity contribution in [1.29, 1.82) is 0 Å². The van der Waals surface area contributed by atoms with Crippen LogP contribution in [0.3, 0.4) is 0 Å². The zero-order chi connectivity index (χ0) is 68.0. The SMILES string of the molecule is C.C.COC(=O)N[C@H](C(=O)N1CCC[C@H]1C(=O)Nc1ccc2cc(-c3cnc(CC(=O)[C@@H]4CCCN4)nc3)ccc2n1)C(C)C.COC(=O)N[C@H](C(=O)N1CCC[C@H]1C(=O)Nc1ccc2cc(-c3cnc(CC(=O)[C@@H]4CCCN4C(=O)OCc4ccccc4)nc3)ccc2n1)C(C)C. The maximum absolute atomic E-state index is 13.4. The van der Waals surface area contributed by atoms with E-state index in [9.17, 15) is 43.2 Å². The third-order valence-corrected chi connectivity index (χ3v) is 17.6. The molecule has 26 nitrogen and oxygen atoms in total. The zero-order valence-electron chi connectivity index (χ0n) is 54.6. The summed E-state index contributed by atoms with van der Waals surface area (Å²) in [6, 6.07) is 24.3. The summed E-state index contributed by atoms with van der Waals surface area (Å²) in [7, 11) is 2.48. The van der Waals surface area contributed by atoms with Crippen molar-refractivity contribution in [1.82, 2.24) is 60.6 Å². The van der Waals surface area contributed by atoms with Crippen LogP contribution in [0.4, 0.5) is 26.0 Å². The number of nitrogens with zero attached hydrogens (tertiary/aromatic N) is 9. The van der Waals surface area contributed by atoms with Crippen LogP contribution in [0.25, 0.3) is 44.1 Å². The van der Waals surface area contributed by atoms with Gasteiger partial charge in [0.25, 0.3) is 0 Å². The maximum Gasteiger partial charge on any atom is 0.410 e. The third-order valence-electron chi connectivity index (χ3n) is 17.6.